The van der Waals surface area contributed by atoms with Crippen LogP contribution >= 0.6 is 0 Å². The fraction of sp³-hybridized carbons (Fsp3) is 0.250. The zero-order chi connectivity index (χ0) is 10.8. The topological polar surface area (TPSA) is 57.5 Å². The summed E-state index contributed by atoms with van der Waals surface area (Å²) in [5.74, 6) is 0. The lowest BCUT2D eigenvalue weighted by molar-refractivity contribution is 0.137. The number of hydrogen-bond acceptors (Lipinski definition) is 1. The number of hydrogen-bond donors (Lipinski definition) is 2. The maximum Gasteiger partial charge on any atom is 0.673 e. The molecule has 0 rings (SSSR count). The lowest BCUT2D eigenvalue weighted by atomic mass is 10.3. The summed E-state index contributed by atoms with van der Waals surface area (Å²) in [6.45, 7) is 5.25. The third kappa shape index (κ3) is 368. The van der Waals surface area contributed by atoms with E-state index in [9.17, 15) is 17.3 Å². The Kier molecular flexibility index (Phi) is 13.9. The predicted octanol–water partition coefficient (Wildman–Crippen LogP) is 2.71. The van der Waals surface area contributed by atoms with Crippen molar-refractivity contribution >= 4 is 13.4 Å². The van der Waals surface area contributed by atoms with Gasteiger partial charge in [0.05, 0.1) is 0 Å². The van der Waals surface area contributed by atoms with E-state index in [1.165, 1.54) is 0 Å². The Hall–Kier alpha value is -1.21. The zero-order valence-corrected chi connectivity index (χ0v) is 6.18. The fourth-order valence-electron chi connectivity index (χ4n) is 0. The van der Waals surface area contributed by atoms with Gasteiger partial charge in [-0.2, -0.15) is 0 Å². The lowest BCUT2D eigenvalue weighted by Crippen LogP contribution is -2.02. The molecule has 74 valence electrons. The molecule has 0 spiro atoms. The Morgan fingerprint density at radius 2 is 1.33 bits per heavy atom. The Balaban J connectivity index is -0.000000105. The van der Waals surface area contributed by atoms with E-state index in [2.05, 4.69) is 6.58 Å². The van der Waals surface area contributed by atoms with Gasteiger partial charge in [-0.15, -0.1) is 6.58 Å². The highest BCUT2D eigenvalue weighted by Crippen LogP contribution is 2.06. The van der Waals surface area contributed by atoms with Crippen molar-refractivity contribution in [1.82, 2.24) is 0 Å². The van der Waals surface area contributed by atoms with Crippen LogP contribution in [0.2, 0.25) is 0 Å². The molecule has 0 aromatic heterocycles. The summed E-state index contributed by atoms with van der Waals surface area (Å²) in [5.41, 5.74) is 0. The number of halogens is 4. The summed E-state index contributed by atoms with van der Waals surface area (Å²) >= 11 is 0. The van der Waals surface area contributed by atoms with Crippen LogP contribution in [0.1, 0.15) is 6.92 Å². The molecule has 0 saturated heterocycles. The minimum Gasteiger partial charge on any atom is -0.450 e. The minimum atomic E-state index is -6.00. The van der Waals surface area contributed by atoms with Gasteiger partial charge in [0.25, 0.3) is 0 Å². The summed E-state index contributed by atoms with van der Waals surface area (Å²) in [4.78, 5) is 8.56. The number of rotatable bonds is 0. The molecule has 3 nitrogen and oxygen atoms in total. The SMILES string of the molecule is C=CC.F[B-](F)(F)F.O=C(O)O. The first-order valence-corrected chi connectivity index (χ1v) is 2.51. The van der Waals surface area contributed by atoms with Crippen LogP contribution in [-0.2, 0) is 0 Å². The highest BCUT2D eigenvalue weighted by molar-refractivity contribution is 6.50. The molecule has 0 aliphatic rings. The van der Waals surface area contributed by atoms with Gasteiger partial charge in [-0.25, -0.2) is 4.79 Å². The van der Waals surface area contributed by atoms with E-state index < -0.39 is 13.4 Å². The number of allylic oxidation sites excluding steroid dienone is 1. The molecule has 0 aliphatic heterocycles. The smallest absolute Gasteiger partial charge is 0.450 e. The van der Waals surface area contributed by atoms with Crippen LogP contribution in [0.4, 0.5) is 22.1 Å². The second-order valence-corrected chi connectivity index (χ2v) is 1.19. The van der Waals surface area contributed by atoms with Gasteiger partial charge >= 0.3 is 13.4 Å². The van der Waals surface area contributed by atoms with Gasteiger partial charge in [0, 0.05) is 0 Å². The molecular weight excluding hydrogens is 183 g/mol. The van der Waals surface area contributed by atoms with Gasteiger partial charge < -0.3 is 27.5 Å². The summed E-state index contributed by atoms with van der Waals surface area (Å²) in [6, 6.07) is 0. The largest absolute Gasteiger partial charge is 0.673 e. The maximum atomic E-state index is 9.75. The summed E-state index contributed by atoms with van der Waals surface area (Å²) < 4.78 is 39.0. The maximum absolute atomic E-state index is 9.75. The lowest BCUT2D eigenvalue weighted by Gasteiger charge is -1.94. The van der Waals surface area contributed by atoms with Crippen LogP contribution in [0, 0.1) is 0 Å². The van der Waals surface area contributed by atoms with Crippen molar-refractivity contribution in [3.8, 4) is 0 Å². The van der Waals surface area contributed by atoms with E-state index in [0.717, 1.165) is 0 Å². The standard InChI is InChI=1S/C3H6.CH2O3.BF4/c1-3-2;2-1(3)4;2-1(3,4)5/h3H,1H2,2H3;(H2,2,3,4);/q;;-1. The molecule has 0 aliphatic carbocycles. The third-order valence-corrected chi connectivity index (χ3v) is 0. The number of carbonyl (C=O) groups is 1. The van der Waals surface area contributed by atoms with E-state index in [1.54, 1.807) is 6.08 Å². The molecule has 0 heterocycles. The number of carboxylic acid groups (broad SMARTS) is 2. The second kappa shape index (κ2) is 9.79. The first-order valence-electron chi connectivity index (χ1n) is 2.51. The predicted molar refractivity (Wildman–Crippen MR) is 36.7 cm³/mol. The van der Waals surface area contributed by atoms with Crippen molar-refractivity contribution in [3.05, 3.63) is 12.7 Å². The van der Waals surface area contributed by atoms with E-state index in [0.29, 0.717) is 0 Å². The van der Waals surface area contributed by atoms with Crippen LogP contribution in [0.5, 0.6) is 0 Å². The van der Waals surface area contributed by atoms with Gasteiger partial charge in [0.15, 0.2) is 0 Å². The van der Waals surface area contributed by atoms with Crippen LogP contribution in [0.3, 0.4) is 0 Å². The first kappa shape index (κ1) is 17.0. The Bertz CT molecular complexity index is 114. The van der Waals surface area contributed by atoms with Crippen molar-refractivity contribution in [2.45, 2.75) is 6.92 Å². The van der Waals surface area contributed by atoms with Crippen molar-refractivity contribution in [2.24, 2.45) is 0 Å². The first-order chi connectivity index (χ1) is 5.15. The second-order valence-electron chi connectivity index (χ2n) is 1.19. The minimum absolute atomic E-state index is 1.75. The van der Waals surface area contributed by atoms with E-state index in [1.807, 2.05) is 6.92 Å². The van der Waals surface area contributed by atoms with Crippen molar-refractivity contribution < 1.29 is 32.3 Å². The normalized spacial score (nSPS) is 8.08. The highest BCUT2D eigenvalue weighted by Gasteiger charge is 2.20. The van der Waals surface area contributed by atoms with Crippen LogP contribution in [0.15, 0.2) is 12.7 Å². The van der Waals surface area contributed by atoms with Gasteiger partial charge in [0.1, 0.15) is 0 Å². The molecule has 0 atom stereocenters. The van der Waals surface area contributed by atoms with Gasteiger partial charge in [0.2, 0.25) is 0 Å². The summed E-state index contributed by atoms with van der Waals surface area (Å²) in [5, 5.41) is 13.9. The average molecular weight is 191 g/mol. The molecule has 0 radical (unpaired) electrons. The molecule has 0 fully saturated rings. The fourth-order valence-corrected chi connectivity index (χ4v) is 0. The van der Waals surface area contributed by atoms with E-state index >= 15 is 0 Å². The molecule has 12 heavy (non-hydrogen) atoms. The molecule has 0 aromatic rings. The van der Waals surface area contributed by atoms with Crippen molar-refractivity contribution in [2.75, 3.05) is 0 Å². The monoisotopic (exact) mass is 191 g/mol. The van der Waals surface area contributed by atoms with E-state index in [4.69, 9.17) is 15.0 Å². The third-order valence-electron chi connectivity index (χ3n) is 0. The van der Waals surface area contributed by atoms with Crippen LogP contribution < -0.4 is 0 Å². The van der Waals surface area contributed by atoms with Gasteiger partial charge in [-0.05, 0) is 6.92 Å². The Morgan fingerprint density at radius 1 is 1.33 bits per heavy atom. The van der Waals surface area contributed by atoms with E-state index in [-0.39, 0.29) is 0 Å². The van der Waals surface area contributed by atoms with Crippen molar-refractivity contribution in [1.29, 1.82) is 0 Å². The zero-order valence-electron chi connectivity index (χ0n) is 6.18. The average Bonchev–Trinajstić information content (AvgIpc) is 1.56. The molecule has 8 heteroatoms. The highest BCUT2D eigenvalue weighted by atomic mass is 19.5. The summed E-state index contributed by atoms with van der Waals surface area (Å²) in [7, 11) is -6.00. The molecule has 0 amide bonds. The molecule has 2 N–H and O–H groups in total. The summed E-state index contributed by atoms with van der Waals surface area (Å²) in [6.07, 6.45) is -0.0833. The van der Waals surface area contributed by atoms with Crippen LogP contribution in [0.25, 0.3) is 0 Å². The molecule has 0 aromatic carbocycles. The van der Waals surface area contributed by atoms with Crippen molar-refractivity contribution in [3.63, 3.8) is 0 Å². The van der Waals surface area contributed by atoms with Gasteiger partial charge in [-0.1, -0.05) is 6.08 Å². The van der Waals surface area contributed by atoms with Gasteiger partial charge in [-0.3, -0.25) is 0 Å². The molecule has 0 unspecified atom stereocenters. The Morgan fingerprint density at radius 3 is 1.33 bits per heavy atom. The molecule has 0 saturated carbocycles. The Labute approximate surface area is 66.4 Å². The quantitative estimate of drug-likeness (QED) is 0.351. The molecule has 0 bridgehead atoms. The molecular formula is C4H8BF4O3-. The van der Waals surface area contributed by atoms with Crippen LogP contribution in [-0.4, -0.2) is 23.6 Å².